The zero-order valence-electron chi connectivity index (χ0n) is 15.2. The molecule has 0 unspecified atom stereocenters. The lowest BCUT2D eigenvalue weighted by atomic mass is 10.1. The van der Waals surface area contributed by atoms with Crippen LogP contribution in [0.15, 0.2) is 73.1 Å². The number of amides is 1. The van der Waals surface area contributed by atoms with Crippen molar-refractivity contribution in [2.75, 3.05) is 0 Å². The first kappa shape index (κ1) is 16.7. The minimum Gasteiger partial charge on any atom is -0.392 e. The summed E-state index contributed by atoms with van der Waals surface area (Å²) in [6, 6.07) is 19.8. The van der Waals surface area contributed by atoms with E-state index >= 15 is 0 Å². The fourth-order valence-electron chi connectivity index (χ4n) is 3.75. The fourth-order valence-corrected chi connectivity index (χ4v) is 3.75. The smallest absolute Gasteiger partial charge is 0.274 e. The molecule has 0 fully saturated rings. The van der Waals surface area contributed by atoms with Gasteiger partial charge in [-0.15, -0.1) is 0 Å². The molecular formula is C23H19N3O2. The molecule has 2 aromatic carbocycles. The molecule has 138 valence electrons. The number of pyridine rings is 1. The molecule has 1 aliphatic heterocycles. The molecule has 0 aliphatic carbocycles. The Hall–Kier alpha value is -3.44. The third-order valence-electron chi connectivity index (χ3n) is 5.24. The van der Waals surface area contributed by atoms with Crippen LogP contribution in [0.5, 0.6) is 0 Å². The van der Waals surface area contributed by atoms with E-state index in [0.717, 1.165) is 22.3 Å². The number of imidazole rings is 1. The molecule has 1 amide bonds. The van der Waals surface area contributed by atoms with Gasteiger partial charge in [0.1, 0.15) is 11.3 Å². The topological polar surface area (TPSA) is 57.8 Å². The predicted octanol–water partition coefficient (Wildman–Crippen LogP) is 3.65. The second kappa shape index (κ2) is 6.62. The highest BCUT2D eigenvalue weighted by molar-refractivity contribution is 5.93. The molecule has 0 bridgehead atoms. The Morgan fingerprint density at radius 3 is 2.46 bits per heavy atom. The molecule has 3 heterocycles. The Labute approximate surface area is 162 Å². The minimum absolute atomic E-state index is 0.0119. The summed E-state index contributed by atoms with van der Waals surface area (Å²) in [4.78, 5) is 19.3. The predicted molar refractivity (Wildman–Crippen MR) is 107 cm³/mol. The maximum atomic E-state index is 12.9. The van der Waals surface area contributed by atoms with Gasteiger partial charge in [0.2, 0.25) is 0 Å². The number of rotatable bonds is 3. The van der Waals surface area contributed by atoms with Crippen molar-refractivity contribution in [3.63, 3.8) is 0 Å². The van der Waals surface area contributed by atoms with Crippen LogP contribution in [-0.4, -0.2) is 25.3 Å². The van der Waals surface area contributed by atoms with Crippen LogP contribution in [0.4, 0.5) is 0 Å². The average Bonchev–Trinajstić information content (AvgIpc) is 3.36. The van der Waals surface area contributed by atoms with Gasteiger partial charge in [0, 0.05) is 25.5 Å². The van der Waals surface area contributed by atoms with Crippen LogP contribution in [0, 0.1) is 0 Å². The minimum atomic E-state index is -0.0521. The van der Waals surface area contributed by atoms with Crippen LogP contribution < -0.4 is 0 Å². The number of hydrogen-bond donors (Lipinski definition) is 1. The van der Waals surface area contributed by atoms with Gasteiger partial charge in [-0.05, 0) is 46.0 Å². The highest BCUT2D eigenvalue weighted by Gasteiger charge is 2.25. The van der Waals surface area contributed by atoms with Gasteiger partial charge in [0.25, 0.3) is 5.91 Å². The highest BCUT2D eigenvalue weighted by Crippen LogP contribution is 2.25. The second-order valence-electron chi connectivity index (χ2n) is 7.10. The van der Waals surface area contributed by atoms with Crippen molar-refractivity contribution in [1.29, 1.82) is 0 Å². The number of carbonyl (C=O) groups is 1. The van der Waals surface area contributed by atoms with Crippen LogP contribution in [0.3, 0.4) is 0 Å². The second-order valence-corrected chi connectivity index (χ2v) is 7.10. The SMILES string of the molecule is O=C(c1cn2cc(-c3cccc(CO)c3)ccc2n1)N1Cc2ccccc2C1. The van der Waals surface area contributed by atoms with Gasteiger partial charge in [-0.3, -0.25) is 4.79 Å². The molecule has 5 rings (SSSR count). The van der Waals surface area contributed by atoms with Crippen molar-refractivity contribution in [2.45, 2.75) is 19.7 Å². The lowest BCUT2D eigenvalue weighted by Gasteiger charge is -2.13. The molecule has 5 nitrogen and oxygen atoms in total. The zero-order valence-corrected chi connectivity index (χ0v) is 15.2. The number of fused-ring (bicyclic) bond motifs is 2. The van der Waals surface area contributed by atoms with E-state index < -0.39 is 0 Å². The molecule has 1 N–H and O–H groups in total. The highest BCUT2D eigenvalue weighted by atomic mass is 16.3. The Kier molecular flexibility index (Phi) is 3.95. The Bertz CT molecular complexity index is 1170. The summed E-state index contributed by atoms with van der Waals surface area (Å²) >= 11 is 0. The first-order chi connectivity index (χ1) is 13.7. The molecule has 0 spiro atoms. The van der Waals surface area contributed by atoms with Crippen LogP contribution in [-0.2, 0) is 19.7 Å². The summed E-state index contributed by atoms with van der Waals surface area (Å²) in [5.74, 6) is -0.0521. The number of aromatic nitrogens is 2. The summed E-state index contributed by atoms with van der Waals surface area (Å²) in [7, 11) is 0. The summed E-state index contributed by atoms with van der Waals surface area (Å²) in [5.41, 5.74) is 6.48. The number of aliphatic hydroxyl groups is 1. The van der Waals surface area contributed by atoms with Gasteiger partial charge in [-0.1, -0.05) is 42.5 Å². The molecule has 5 heteroatoms. The van der Waals surface area contributed by atoms with Crippen molar-refractivity contribution >= 4 is 11.6 Å². The third-order valence-corrected chi connectivity index (χ3v) is 5.24. The molecule has 28 heavy (non-hydrogen) atoms. The van der Waals surface area contributed by atoms with Gasteiger partial charge < -0.3 is 14.4 Å². The van der Waals surface area contributed by atoms with Crippen LogP contribution >= 0.6 is 0 Å². The Morgan fingerprint density at radius 2 is 1.71 bits per heavy atom. The van der Waals surface area contributed by atoms with E-state index in [-0.39, 0.29) is 12.5 Å². The van der Waals surface area contributed by atoms with Crippen LogP contribution in [0.25, 0.3) is 16.8 Å². The van der Waals surface area contributed by atoms with E-state index in [1.54, 1.807) is 6.20 Å². The van der Waals surface area contributed by atoms with Gasteiger partial charge in [0.15, 0.2) is 0 Å². The molecule has 0 saturated carbocycles. The molecule has 0 radical (unpaired) electrons. The molecule has 2 aromatic heterocycles. The van der Waals surface area contributed by atoms with E-state index in [9.17, 15) is 9.90 Å². The van der Waals surface area contributed by atoms with E-state index in [2.05, 4.69) is 17.1 Å². The van der Waals surface area contributed by atoms with Crippen LogP contribution in [0.2, 0.25) is 0 Å². The van der Waals surface area contributed by atoms with Gasteiger partial charge >= 0.3 is 0 Å². The summed E-state index contributed by atoms with van der Waals surface area (Å²) in [6.45, 7) is 1.27. The Morgan fingerprint density at radius 1 is 0.929 bits per heavy atom. The van der Waals surface area contributed by atoms with Crippen molar-refractivity contribution in [2.24, 2.45) is 0 Å². The molecule has 0 saturated heterocycles. The largest absolute Gasteiger partial charge is 0.392 e. The molecule has 4 aromatic rings. The van der Waals surface area contributed by atoms with E-state index in [1.165, 1.54) is 11.1 Å². The summed E-state index contributed by atoms with van der Waals surface area (Å²) in [5, 5.41) is 9.36. The van der Waals surface area contributed by atoms with E-state index in [0.29, 0.717) is 18.8 Å². The molecular weight excluding hydrogens is 350 g/mol. The number of hydrogen-bond acceptors (Lipinski definition) is 3. The fraction of sp³-hybridized carbons (Fsp3) is 0.130. The third kappa shape index (κ3) is 2.86. The summed E-state index contributed by atoms with van der Waals surface area (Å²) in [6.07, 6.45) is 3.76. The number of benzene rings is 2. The first-order valence-corrected chi connectivity index (χ1v) is 9.26. The number of carbonyl (C=O) groups excluding carboxylic acids is 1. The lowest BCUT2D eigenvalue weighted by molar-refractivity contribution is 0.0746. The summed E-state index contributed by atoms with van der Waals surface area (Å²) < 4.78 is 1.89. The van der Waals surface area contributed by atoms with Crippen LogP contribution in [0.1, 0.15) is 27.2 Å². The quantitative estimate of drug-likeness (QED) is 0.600. The maximum Gasteiger partial charge on any atom is 0.274 e. The van der Waals surface area contributed by atoms with Gasteiger partial charge in [-0.25, -0.2) is 4.98 Å². The molecule has 1 aliphatic rings. The van der Waals surface area contributed by atoms with E-state index in [4.69, 9.17) is 0 Å². The molecule has 0 atom stereocenters. The standard InChI is InChI=1S/C23H19N3O2/c27-15-16-4-3-7-17(10-16)20-8-9-22-24-21(14-25(22)11-20)23(28)26-12-18-5-1-2-6-19(18)13-26/h1-11,14,27H,12-13,15H2. The van der Waals surface area contributed by atoms with Crippen molar-refractivity contribution in [3.8, 4) is 11.1 Å². The number of aliphatic hydroxyl groups excluding tert-OH is 1. The number of nitrogens with zero attached hydrogens (tertiary/aromatic N) is 3. The van der Waals surface area contributed by atoms with E-state index in [1.807, 2.05) is 64.0 Å². The van der Waals surface area contributed by atoms with Gasteiger partial charge in [0.05, 0.1) is 6.61 Å². The monoisotopic (exact) mass is 369 g/mol. The van der Waals surface area contributed by atoms with Crippen molar-refractivity contribution < 1.29 is 9.90 Å². The average molecular weight is 369 g/mol. The zero-order chi connectivity index (χ0) is 19.1. The van der Waals surface area contributed by atoms with Crippen molar-refractivity contribution in [1.82, 2.24) is 14.3 Å². The normalized spacial score (nSPS) is 13.1. The lowest BCUT2D eigenvalue weighted by Crippen LogP contribution is -2.25. The Balaban J connectivity index is 1.45. The first-order valence-electron chi connectivity index (χ1n) is 9.26. The van der Waals surface area contributed by atoms with Gasteiger partial charge in [-0.2, -0.15) is 0 Å². The maximum absolute atomic E-state index is 12.9. The van der Waals surface area contributed by atoms with Crippen molar-refractivity contribution in [3.05, 3.63) is 95.4 Å².